The van der Waals surface area contributed by atoms with Crippen molar-refractivity contribution in [1.29, 1.82) is 0 Å². The molecule has 0 saturated heterocycles. The lowest BCUT2D eigenvalue weighted by atomic mass is 10.3. The van der Waals surface area contributed by atoms with Gasteiger partial charge in [0.1, 0.15) is 5.71 Å². The number of para-hydroxylation sites is 1. The van der Waals surface area contributed by atoms with Crippen LogP contribution in [0.2, 0.25) is 5.02 Å². The van der Waals surface area contributed by atoms with E-state index in [1.807, 2.05) is 0 Å². The molecule has 0 aromatic heterocycles. The molecule has 0 amide bonds. The monoisotopic (exact) mass is 324 g/mol. The van der Waals surface area contributed by atoms with Gasteiger partial charge in [0.25, 0.3) is 0 Å². The molecule has 0 spiro atoms. The van der Waals surface area contributed by atoms with Crippen LogP contribution in [0, 0.1) is 0 Å². The van der Waals surface area contributed by atoms with Crippen LogP contribution in [0.1, 0.15) is 13.8 Å². The molecule has 0 saturated carbocycles. The Labute approximate surface area is 131 Å². The second kappa shape index (κ2) is 9.24. The Morgan fingerprint density at radius 3 is 2.14 bits per heavy atom. The van der Waals surface area contributed by atoms with Gasteiger partial charge in [0.15, 0.2) is 0 Å². The molecular weight excluding hydrogens is 312 g/mol. The lowest BCUT2D eigenvalue weighted by Gasteiger charge is -2.02. The highest BCUT2D eigenvalue weighted by atomic mass is 35.5. The van der Waals surface area contributed by atoms with Crippen LogP contribution in [0.4, 0.5) is 5.69 Å². The molecule has 1 aromatic carbocycles. The van der Waals surface area contributed by atoms with Crippen LogP contribution in [0.25, 0.3) is 0 Å². The van der Waals surface area contributed by atoms with E-state index in [2.05, 4.69) is 30.5 Å². The fraction of sp³-hybridized carbons (Fsp3) is 0.154. The summed E-state index contributed by atoms with van der Waals surface area (Å²) in [6.07, 6.45) is 2.22. The second-order valence-electron chi connectivity index (χ2n) is 3.76. The van der Waals surface area contributed by atoms with Crippen molar-refractivity contribution in [3.05, 3.63) is 29.3 Å². The molecule has 0 fully saturated rings. The number of carbonyl (C=O) groups excluding carboxylic acids is 2. The summed E-state index contributed by atoms with van der Waals surface area (Å²) in [5, 5.41) is 11.2. The normalized spacial score (nSPS) is 10.5. The molecule has 22 heavy (non-hydrogen) atoms. The van der Waals surface area contributed by atoms with E-state index in [1.165, 1.54) is 13.8 Å². The first-order chi connectivity index (χ1) is 10.5. The number of halogens is 1. The molecule has 0 bridgehead atoms. The summed E-state index contributed by atoms with van der Waals surface area (Å²) < 4.78 is 0. The number of hydrogen-bond acceptors (Lipinski definition) is 8. The van der Waals surface area contributed by atoms with Crippen LogP contribution in [0.15, 0.2) is 39.7 Å². The molecule has 1 aromatic rings. The quantitative estimate of drug-likeness (QED) is 0.491. The van der Waals surface area contributed by atoms with E-state index in [0.29, 0.717) is 10.7 Å². The van der Waals surface area contributed by atoms with Gasteiger partial charge in [0.05, 0.1) is 23.1 Å². The Kier molecular flexibility index (Phi) is 7.27. The largest absolute Gasteiger partial charge is 0.331 e. The summed E-state index contributed by atoms with van der Waals surface area (Å²) in [5.41, 5.74) is 3.35. The molecule has 0 aliphatic rings. The minimum Gasteiger partial charge on any atom is -0.319 e. The molecule has 1 rings (SSSR count). The lowest BCUT2D eigenvalue weighted by molar-refractivity contribution is -0.141. The maximum absolute atomic E-state index is 10.6. The number of carbonyl (C=O) groups is 2. The van der Waals surface area contributed by atoms with Crippen molar-refractivity contribution in [2.24, 2.45) is 15.4 Å². The van der Waals surface area contributed by atoms with Crippen molar-refractivity contribution in [2.75, 3.05) is 5.43 Å². The predicted octanol–water partition coefficient (Wildman–Crippen LogP) is 2.21. The number of rotatable bonds is 6. The van der Waals surface area contributed by atoms with E-state index in [-0.39, 0.29) is 5.71 Å². The number of hydrazone groups is 1. The van der Waals surface area contributed by atoms with Gasteiger partial charge in [-0.3, -0.25) is 5.43 Å². The van der Waals surface area contributed by atoms with Crippen LogP contribution in [-0.2, 0) is 19.3 Å². The summed E-state index contributed by atoms with van der Waals surface area (Å²) in [7, 11) is 0. The summed E-state index contributed by atoms with van der Waals surface area (Å²) >= 11 is 5.96. The highest BCUT2D eigenvalue weighted by molar-refractivity contribution is 6.55. The fourth-order valence-electron chi connectivity index (χ4n) is 1.08. The zero-order valence-corrected chi connectivity index (χ0v) is 12.6. The van der Waals surface area contributed by atoms with E-state index in [4.69, 9.17) is 11.6 Å². The van der Waals surface area contributed by atoms with Crippen LogP contribution < -0.4 is 5.43 Å². The zero-order chi connectivity index (χ0) is 16.4. The second-order valence-corrected chi connectivity index (χ2v) is 4.17. The molecule has 0 aliphatic carbocycles. The lowest BCUT2D eigenvalue weighted by Crippen LogP contribution is -2.08. The fourth-order valence-corrected chi connectivity index (χ4v) is 1.25. The molecule has 0 heterocycles. The first kappa shape index (κ1) is 17.3. The number of nitrogens with zero attached hydrogens (tertiary/aromatic N) is 3. The molecule has 0 aliphatic heterocycles. The third-order valence-corrected chi connectivity index (χ3v) is 2.24. The van der Waals surface area contributed by atoms with Gasteiger partial charge in [-0.15, -0.1) is 0 Å². The molecule has 0 unspecified atom stereocenters. The van der Waals surface area contributed by atoms with Gasteiger partial charge in [-0.2, -0.15) is 5.10 Å². The van der Waals surface area contributed by atoms with Crippen molar-refractivity contribution in [3.63, 3.8) is 0 Å². The third kappa shape index (κ3) is 7.15. The van der Waals surface area contributed by atoms with E-state index in [9.17, 15) is 9.59 Å². The molecule has 8 nitrogen and oxygen atoms in total. The van der Waals surface area contributed by atoms with E-state index >= 15 is 0 Å². The number of anilines is 1. The summed E-state index contributed by atoms with van der Waals surface area (Å²) in [6.45, 7) is 2.40. The molecule has 1 N–H and O–H groups in total. The minimum atomic E-state index is -0.591. The zero-order valence-electron chi connectivity index (χ0n) is 11.8. The van der Waals surface area contributed by atoms with E-state index in [0.717, 1.165) is 12.4 Å². The van der Waals surface area contributed by atoms with E-state index < -0.39 is 11.9 Å². The van der Waals surface area contributed by atoms with Gasteiger partial charge in [0.2, 0.25) is 0 Å². The molecule has 9 heteroatoms. The molecular formula is C13H13ClN4O4. The van der Waals surface area contributed by atoms with Crippen LogP contribution in [-0.4, -0.2) is 30.1 Å². The topological polar surface area (TPSA) is 102 Å². The Bertz CT molecular complexity index is 600. The maximum atomic E-state index is 10.6. The van der Waals surface area contributed by atoms with Crippen molar-refractivity contribution in [3.8, 4) is 0 Å². The van der Waals surface area contributed by atoms with Crippen LogP contribution in [0.3, 0.4) is 0 Å². The first-order valence-corrected chi connectivity index (χ1v) is 6.37. The number of hydrogen-bond donors (Lipinski definition) is 1. The molecule has 116 valence electrons. The highest BCUT2D eigenvalue weighted by Gasteiger charge is 1.99. The average molecular weight is 325 g/mol. The first-order valence-electron chi connectivity index (χ1n) is 5.99. The van der Waals surface area contributed by atoms with Gasteiger partial charge in [0, 0.05) is 13.8 Å². The van der Waals surface area contributed by atoms with Crippen molar-refractivity contribution >= 4 is 47.4 Å². The van der Waals surface area contributed by atoms with Crippen molar-refractivity contribution < 1.29 is 19.3 Å². The Balaban J connectivity index is 2.83. The maximum Gasteiger partial charge on any atom is 0.331 e. The van der Waals surface area contributed by atoms with Crippen molar-refractivity contribution in [1.82, 2.24) is 0 Å². The number of benzene rings is 1. The summed E-state index contributed by atoms with van der Waals surface area (Å²) in [4.78, 5) is 30.1. The Hall–Kier alpha value is -2.74. The van der Waals surface area contributed by atoms with Gasteiger partial charge in [-0.1, -0.05) is 34.0 Å². The van der Waals surface area contributed by atoms with Gasteiger partial charge < -0.3 is 9.68 Å². The average Bonchev–Trinajstić information content (AvgIpc) is 2.45. The molecule has 0 atom stereocenters. The van der Waals surface area contributed by atoms with Crippen LogP contribution in [0.5, 0.6) is 0 Å². The predicted molar refractivity (Wildman–Crippen MR) is 83.0 cm³/mol. The van der Waals surface area contributed by atoms with E-state index in [1.54, 1.807) is 24.3 Å². The van der Waals surface area contributed by atoms with Crippen molar-refractivity contribution in [2.45, 2.75) is 13.8 Å². The Morgan fingerprint density at radius 2 is 1.64 bits per heavy atom. The van der Waals surface area contributed by atoms with Gasteiger partial charge >= 0.3 is 11.9 Å². The van der Waals surface area contributed by atoms with Gasteiger partial charge in [-0.05, 0) is 12.1 Å². The standard InChI is InChI=1S/C13H13ClN4O4/c1-9(19)21-15-7-11(8-16-22-10(2)20)17-18-13-6-4-3-5-12(13)14/h3-8,18H,1-2H3/b15-7+,16-8+. The molecule has 0 radical (unpaired) electrons. The summed E-state index contributed by atoms with van der Waals surface area (Å²) in [6, 6.07) is 6.92. The minimum absolute atomic E-state index is 0.127. The SMILES string of the molecule is CC(=O)O/N=C/C(/C=N/OC(C)=O)=NNc1ccccc1Cl. The summed E-state index contributed by atoms with van der Waals surface area (Å²) in [5.74, 6) is -1.18. The number of nitrogens with one attached hydrogen (secondary N) is 1. The third-order valence-electron chi connectivity index (χ3n) is 1.91. The number of oxime groups is 2. The van der Waals surface area contributed by atoms with Crippen LogP contribution >= 0.6 is 11.6 Å². The van der Waals surface area contributed by atoms with Gasteiger partial charge in [-0.25, -0.2) is 9.59 Å². The highest BCUT2D eigenvalue weighted by Crippen LogP contribution is 2.20. The Morgan fingerprint density at radius 1 is 1.09 bits per heavy atom. The smallest absolute Gasteiger partial charge is 0.319 e.